The van der Waals surface area contributed by atoms with Crippen LogP contribution in [0.15, 0.2) is 52.1 Å². The number of ether oxygens (including phenoxy) is 1. The third kappa shape index (κ3) is 4.43. The smallest absolute Gasteiger partial charge is 0.329 e. The molecule has 1 aliphatic rings. The molecule has 0 aliphatic heterocycles. The van der Waals surface area contributed by atoms with Gasteiger partial charge < -0.3 is 19.7 Å². The van der Waals surface area contributed by atoms with E-state index in [0.717, 1.165) is 36.5 Å². The van der Waals surface area contributed by atoms with Crippen molar-refractivity contribution in [3.8, 4) is 5.75 Å². The quantitative estimate of drug-likeness (QED) is 0.388. The topological polar surface area (TPSA) is 114 Å². The number of nitrogens with zero attached hydrogens (tertiary/aromatic N) is 3. The number of aromatic amines is 1. The predicted molar refractivity (Wildman–Crippen MR) is 132 cm³/mol. The first kappa shape index (κ1) is 22.2. The molecular weight excluding hydrogens is 434 g/mol. The van der Waals surface area contributed by atoms with E-state index in [1.165, 1.54) is 11.0 Å². The van der Waals surface area contributed by atoms with Crippen LogP contribution in [0.1, 0.15) is 32.1 Å². The summed E-state index contributed by atoms with van der Waals surface area (Å²) in [6.45, 7) is 0.144. The van der Waals surface area contributed by atoms with Gasteiger partial charge in [-0.2, -0.15) is 4.98 Å². The van der Waals surface area contributed by atoms with Crippen LogP contribution in [0.25, 0.3) is 21.9 Å². The molecular formula is C25H29N5O4. The number of aliphatic hydroxyl groups is 1. The summed E-state index contributed by atoms with van der Waals surface area (Å²) in [4.78, 5) is 31.7. The van der Waals surface area contributed by atoms with Crippen LogP contribution in [0.4, 0.5) is 5.95 Å². The Morgan fingerprint density at radius 2 is 1.91 bits per heavy atom. The zero-order chi connectivity index (χ0) is 23.7. The van der Waals surface area contributed by atoms with Crippen molar-refractivity contribution in [1.82, 2.24) is 19.1 Å². The lowest BCUT2D eigenvalue weighted by Crippen LogP contribution is -2.31. The highest BCUT2D eigenvalue weighted by Crippen LogP contribution is 2.24. The summed E-state index contributed by atoms with van der Waals surface area (Å²) in [6, 6.07) is 14.0. The van der Waals surface area contributed by atoms with Crippen molar-refractivity contribution >= 4 is 27.9 Å². The maximum Gasteiger partial charge on any atom is 0.329 e. The zero-order valence-electron chi connectivity index (χ0n) is 19.2. The Labute approximate surface area is 196 Å². The summed E-state index contributed by atoms with van der Waals surface area (Å²) in [6.07, 6.45) is 4.64. The van der Waals surface area contributed by atoms with Crippen LogP contribution in [-0.2, 0) is 13.6 Å². The molecule has 0 amide bonds. The number of hydrogen-bond donors (Lipinski definition) is 3. The Morgan fingerprint density at radius 1 is 1.15 bits per heavy atom. The largest absolute Gasteiger partial charge is 0.491 e. The number of hydrogen-bond acceptors (Lipinski definition) is 6. The second kappa shape index (κ2) is 9.34. The highest BCUT2D eigenvalue weighted by molar-refractivity contribution is 5.83. The molecule has 1 fully saturated rings. The van der Waals surface area contributed by atoms with Crippen LogP contribution < -0.4 is 21.3 Å². The lowest BCUT2D eigenvalue weighted by atomic mass is 9.96. The normalized spacial score (nSPS) is 15.6. The molecule has 9 nitrogen and oxygen atoms in total. The van der Waals surface area contributed by atoms with Crippen molar-refractivity contribution < 1.29 is 9.84 Å². The number of benzene rings is 2. The number of anilines is 1. The van der Waals surface area contributed by atoms with Gasteiger partial charge in [0.2, 0.25) is 5.95 Å². The molecule has 9 heteroatoms. The Hall–Kier alpha value is -3.59. The maximum atomic E-state index is 12.7. The first-order valence-corrected chi connectivity index (χ1v) is 11.8. The number of fused-ring (bicyclic) bond motifs is 2. The fourth-order valence-electron chi connectivity index (χ4n) is 4.67. The van der Waals surface area contributed by atoms with Crippen LogP contribution in [-0.4, -0.2) is 43.0 Å². The lowest BCUT2D eigenvalue weighted by molar-refractivity contribution is 0.0938. The average molecular weight is 464 g/mol. The molecule has 0 bridgehead atoms. The van der Waals surface area contributed by atoms with Crippen LogP contribution in [0.3, 0.4) is 0 Å². The minimum Gasteiger partial charge on any atom is -0.491 e. The minimum atomic E-state index is -0.896. The Balaban J connectivity index is 1.40. The van der Waals surface area contributed by atoms with E-state index in [4.69, 9.17) is 4.74 Å². The number of rotatable bonds is 7. The van der Waals surface area contributed by atoms with Crippen LogP contribution in [0.5, 0.6) is 5.75 Å². The maximum absolute atomic E-state index is 12.7. The van der Waals surface area contributed by atoms with Gasteiger partial charge in [0.25, 0.3) is 5.56 Å². The van der Waals surface area contributed by atoms with Crippen molar-refractivity contribution in [2.75, 3.05) is 11.9 Å². The van der Waals surface area contributed by atoms with Crippen molar-refractivity contribution in [3.05, 3.63) is 63.3 Å². The van der Waals surface area contributed by atoms with E-state index < -0.39 is 17.4 Å². The summed E-state index contributed by atoms with van der Waals surface area (Å²) < 4.78 is 8.83. The molecule has 34 heavy (non-hydrogen) atoms. The Morgan fingerprint density at radius 3 is 2.71 bits per heavy atom. The third-order valence-corrected chi connectivity index (χ3v) is 6.50. The van der Waals surface area contributed by atoms with E-state index in [9.17, 15) is 14.7 Å². The van der Waals surface area contributed by atoms with Gasteiger partial charge in [-0.15, -0.1) is 0 Å². The SMILES string of the molecule is Cn1c(=O)[nH]c(=O)c2c1nc(NC1CCCCC1)n2CC(O)COc1ccc2ccccc2c1. The second-order valence-electron chi connectivity index (χ2n) is 8.99. The molecule has 0 spiro atoms. The molecule has 2 aromatic carbocycles. The monoisotopic (exact) mass is 463 g/mol. The van der Waals surface area contributed by atoms with Gasteiger partial charge in [0.15, 0.2) is 11.2 Å². The second-order valence-corrected chi connectivity index (χ2v) is 8.99. The van der Waals surface area contributed by atoms with Crippen molar-refractivity contribution in [2.24, 2.45) is 7.05 Å². The first-order chi connectivity index (χ1) is 16.5. The minimum absolute atomic E-state index is 0.0462. The molecule has 1 saturated carbocycles. The Kier molecular flexibility index (Phi) is 6.10. The molecule has 0 radical (unpaired) electrons. The molecule has 1 atom stereocenters. The fraction of sp³-hybridized carbons (Fsp3) is 0.400. The number of aromatic nitrogens is 4. The molecule has 0 saturated heterocycles. The molecule has 3 N–H and O–H groups in total. The van der Waals surface area contributed by atoms with Crippen molar-refractivity contribution in [1.29, 1.82) is 0 Å². The summed E-state index contributed by atoms with van der Waals surface area (Å²) in [5.74, 6) is 1.15. The predicted octanol–water partition coefficient (Wildman–Crippen LogP) is 2.76. The van der Waals surface area contributed by atoms with E-state index in [1.807, 2.05) is 42.5 Å². The molecule has 2 aromatic heterocycles. The summed E-state index contributed by atoms with van der Waals surface area (Å²) >= 11 is 0. The summed E-state index contributed by atoms with van der Waals surface area (Å²) in [5, 5.41) is 16.4. The van der Waals surface area contributed by atoms with Crippen molar-refractivity contribution in [2.45, 2.75) is 50.8 Å². The highest BCUT2D eigenvalue weighted by Gasteiger charge is 2.22. The number of imidazole rings is 1. The van der Waals surface area contributed by atoms with Gasteiger partial charge in [-0.1, -0.05) is 49.6 Å². The van der Waals surface area contributed by atoms with Crippen LogP contribution >= 0.6 is 0 Å². The molecule has 2 heterocycles. The van der Waals surface area contributed by atoms with Gasteiger partial charge in [-0.05, 0) is 35.7 Å². The van der Waals surface area contributed by atoms with Gasteiger partial charge in [0, 0.05) is 13.1 Å². The lowest BCUT2D eigenvalue weighted by Gasteiger charge is -2.24. The van der Waals surface area contributed by atoms with Crippen molar-refractivity contribution in [3.63, 3.8) is 0 Å². The van der Waals surface area contributed by atoms with E-state index in [0.29, 0.717) is 11.7 Å². The number of nitrogens with one attached hydrogen (secondary N) is 2. The first-order valence-electron chi connectivity index (χ1n) is 11.8. The molecule has 1 aliphatic carbocycles. The van der Waals surface area contributed by atoms with E-state index in [2.05, 4.69) is 15.3 Å². The standard InChI is InChI=1S/C25H29N5O4/c1-29-22-21(23(32)28-25(29)33)30(24(27-22)26-18-9-3-2-4-10-18)14-19(31)15-34-20-12-11-16-7-5-6-8-17(16)13-20/h5-8,11-13,18-19,31H,2-4,9-10,14-15H2,1H3,(H,26,27)(H,28,32,33). The molecule has 1 unspecified atom stereocenters. The van der Waals surface area contributed by atoms with Gasteiger partial charge in [0.1, 0.15) is 18.5 Å². The van der Waals surface area contributed by atoms with E-state index >= 15 is 0 Å². The van der Waals surface area contributed by atoms with Gasteiger partial charge in [-0.3, -0.25) is 14.3 Å². The van der Waals surface area contributed by atoms with E-state index in [1.54, 1.807) is 11.6 Å². The van der Waals surface area contributed by atoms with Gasteiger partial charge in [0.05, 0.1) is 6.54 Å². The van der Waals surface area contributed by atoms with Crippen LogP contribution in [0.2, 0.25) is 0 Å². The fourth-order valence-corrected chi connectivity index (χ4v) is 4.67. The number of aryl methyl sites for hydroxylation is 1. The summed E-state index contributed by atoms with van der Waals surface area (Å²) in [7, 11) is 1.57. The molecule has 4 aromatic rings. The Bertz CT molecular complexity index is 1430. The van der Waals surface area contributed by atoms with Crippen LogP contribution in [0, 0.1) is 0 Å². The van der Waals surface area contributed by atoms with Gasteiger partial charge >= 0.3 is 5.69 Å². The highest BCUT2D eigenvalue weighted by atomic mass is 16.5. The number of aliphatic hydroxyl groups excluding tert-OH is 1. The van der Waals surface area contributed by atoms with E-state index in [-0.39, 0.29) is 30.4 Å². The third-order valence-electron chi connectivity index (χ3n) is 6.50. The summed E-state index contributed by atoms with van der Waals surface area (Å²) in [5.41, 5.74) is -0.503. The zero-order valence-corrected chi connectivity index (χ0v) is 19.2. The average Bonchev–Trinajstić information content (AvgIpc) is 3.20. The van der Waals surface area contributed by atoms with Gasteiger partial charge in [-0.25, -0.2) is 4.79 Å². The number of H-pyrrole nitrogens is 1. The molecule has 5 rings (SSSR count). The molecule has 178 valence electrons.